The van der Waals surface area contributed by atoms with E-state index in [-0.39, 0.29) is 0 Å². The third kappa shape index (κ3) is 1.98. The van der Waals surface area contributed by atoms with E-state index in [0.29, 0.717) is 0 Å². The molecule has 0 spiro atoms. The van der Waals surface area contributed by atoms with Crippen LogP contribution in [0.25, 0.3) is 0 Å². The highest BCUT2D eigenvalue weighted by molar-refractivity contribution is 9.11. The van der Waals surface area contributed by atoms with Crippen molar-refractivity contribution in [3.8, 4) is 0 Å². The molecular formula is C11H13Br2N. The Hall–Kier alpha value is -0.0200. The van der Waals surface area contributed by atoms with Crippen molar-refractivity contribution < 1.29 is 0 Å². The Bertz CT molecular complexity index is 320. The Morgan fingerprint density at radius 3 is 2.07 bits per heavy atom. The van der Waals surface area contributed by atoms with Crippen molar-refractivity contribution in [3.63, 3.8) is 0 Å². The molecule has 1 aliphatic rings. The van der Waals surface area contributed by atoms with Crippen LogP contribution in [-0.2, 0) is 0 Å². The summed E-state index contributed by atoms with van der Waals surface area (Å²) in [5.74, 6) is 0. The molecule has 3 heteroatoms. The van der Waals surface area contributed by atoms with Crippen LogP contribution in [0.15, 0.2) is 21.1 Å². The molecule has 0 amide bonds. The molecule has 0 radical (unpaired) electrons. The topological polar surface area (TPSA) is 3.24 Å². The van der Waals surface area contributed by atoms with Gasteiger partial charge in [-0.1, -0.05) is 0 Å². The molecule has 0 unspecified atom stereocenters. The first-order chi connectivity index (χ1) is 6.68. The molecule has 1 aromatic carbocycles. The molecule has 0 saturated carbocycles. The minimum absolute atomic E-state index is 1.18. The van der Waals surface area contributed by atoms with Gasteiger partial charge in [0.2, 0.25) is 0 Å². The highest BCUT2D eigenvalue weighted by atomic mass is 79.9. The van der Waals surface area contributed by atoms with E-state index in [0.717, 1.165) is 0 Å². The number of nitrogens with zero attached hydrogens (tertiary/aromatic N) is 1. The SMILES string of the molecule is Cc1cc(Br)c(N2CCCC2)c(Br)c1. The molecule has 1 aromatic rings. The van der Waals surface area contributed by atoms with Crippen LogP contribution in [0.1, 0.15) is 18.4 Å². The summed E-state index contributed by atoms with van der Waals surface area (Å²) < 4.78 is 2.40. The summed E-state index contributed by atoms with van der Waals surface area (Å²) in [4.78, 5) is 2.44. The molecule has 0 atom stereocenters. The number of aryl methyl sites for hydroxylation is 1. The van der Waals surface area contributed by atoms with Crippen LogP contribution in [-0.4, -0.2) is 13.1 Å². The monoisotopic (exact) mass is 317 g/mol. The van der Waals surface area contributed by atoms with Crippen LogP contribution in [0.5, 0.6) is 0 Å². The first kappa shape index (κ1) is 10.5. The van der Waals surface area contributed by atoms with Gasteiger partial charge in [-0.3, -0.25) is 0 Å². The van der Waals surface area contributed by atoms with E-state index >= 15 is 0 Å². The second-order valence-corrected chi connectivity index (χ2v) is 5.48. The van der Waals surface area contributed by atoms with Crippen molar-refractivity contribution in [1.29, 1.82) is 0 Å². The number of rotatable bonds is 1. The summed E-state index contributed by atoms with van der Waals surface area (Å²) in [6.45, 7) is 4.48. The molecule has 0 aliphatic carbocycles. The van der Waals surface area contributed by atoms with Crippen LogP contribution in [0.3, 0.4) is 0 Å². The molecule has 0 bridgehead atoms. The van der Waals surface area contributed by atoms with Gasteiger partial charge in [0, 0.05) is 22.0 Å². The first-order valence-corrected chi connectivity index (χ1v) is 6.47. The number of hydrogen-bond acceptors (Lipinski definition) is 1. The Morgan fingerprint density at radius 1 is 1.07 bits per heavy atom. The normalized spacial score (nSPS) is 16.4. The zero-order valence-electron chi connectivity index (χ0n) is 8.19. The second-order valence-electron chi connectivity index (χ2n) is 3.77. The lowest BCUT2D eigenvalue weighted by Crippen LogP contribution is -2.18. The van der Waals surface area contributed by atoms with Gasteiger partial charge >= 0.3 is 0 Å². The Morgan fingerprint density at radius 2 is 1.57 bits per heavy atom. The average molecular weight is 319 g/mol. The number of hydrogen-bond donors (Lipinski definition) is 0. The predicted molar refractivity (Wildman–Crippen MR) is 68.0 cm³/mol. The quantitative estimate of drug-likeness (QED) is 0.753. The fourth-order valence-electron chi connectivity index (χ4n) is 1.94. The number of halogens is 2. The molecule has 0 aromatic heterocycles. The van der Waals surface area contributed by atoms with Crippen molar-refractivity contribution in [2.45, 2.75) is 19.8 Å². The van der Waals surface area contributed by atoms with Crippen molar-refractivity contribution in [2.24, 2.45) is 0 Å². The smallest absolute Gasteiger partial charge is 0.0655 e. The largest absolute Gasteiger partial charge is 0.370 e. The fourth-order valence-corrected chi connectivity index (χ4v) is 3.85. The summed E-state index contributed by atoms with van der Waals surface area (Å²) in [6, 6.07) is 4.36. The minimum Gasteiger partial charge on any atom is -0.370 e. The molecule has 0 N–H and O–H groups in total. The maximum atomic E-state index is 3.64. The fraction of sp³-hybridized carbons (Fsp3) is 0.455. The lowest BCUT2D eigenvalue weighted by Gasteiger charge is -2.21. The van der Waals surface area contributed by atoms with Gasteiger partial charge in [-0.15, -0.1) is 0 Å². The van der Waals surface area contributed by atoms with E-state index in [2.05, 4.69) is 55.8 Å². The summed E-state index contributed by atoms with van der Waals surface area (Å²) in [5.41, 5.74) is 2.60. The van der Waals surface area contributed by atoms with E-state index in [9.17, 15) is 0 Å². The summed E-state index contributed by atoms with van der Waals surface area (Å²) >= 11 is 7.27. The van der Waals surface area contributed by atoms with Crippen molar-refractivity contribution >= 4 is 37.5 Å². The molecule has 76 valence electrons. The van der Waals surface area contributed by atoms with Gasteiger partial charge in [0.05, 0.1) is 5.69 Å². The zero-order chi connectivity index (χ0) is 10.1. The maximum absolute atomic E-state index is 3.64. The van der Waals surface area contributed by atoms with Gasteiger partial charge in [0.25, 0.3) is 0 Å². The average Bonchev–Trinajstić information content (AvgIpc) is 2.54. The molecule has 1 nitrogen and oxygen atoms in total. The van der Waals surface area contributed by atoms with E-state index in [1.807, 2.05) is 0 Å². The lowest BCUT2D eigenvalue weighted by molar-refractivity contribution is 0.949. The van der Waals surface area contributed by atoms with Gasteiger partial charge in [-0.05, 0) is 69.3 Å². The maximum Gasteiger partial charge on any atom is 0.0655 e. The van der Waals surface area contributed by atoms with E-state index < -0.39 is 0 Å². The van der Waals surface area contributed by atoms with Gasteiger partial charge in [0.15, 0.2) is 0 Å². The Balaban J connectivity index is 2.40. The summed E-state index contributed by atoms with van der Waals surface area (Å²) in [5, 5.41) is 0. The molecule has 1 saturated heterocycles. The minimum atomic E-state index is 1.18. The van der Waals surface area contributed by atoms with Gasteiger partial charge in [-0.25, -0.2) is 0 Å². The van der Waals surface area contributed by atoms with Crippen molar-refractivity contribution in [3.05, 3.63) is 26.6 Å². The molecular weight excluding hydrogens is 306 g/mol. The second kappa shape index (κ2) is 4.23. The van der Waals surface area contributed by atoms with Crippen LogP contribution in [0, 0.1) is 6.92 Å². The van der Waals surface area contributed by atoms with Crippen LogP contribution < -0.4 is 4.90 Å². The Labute approximate surface area is 102 Å². The molecule has 2 rings (SSSR count). The highest BCUT2D eigenvalue weighted by Gasteiger charge is 2.17. The summed E-state index contributed by atoms with van der Waals surface area (Å²) in [7, 11) is 0. The first-order valence-electron chi connectivity index (χ1n) is 4.89. The third-order valence-electron chi connectivity index (χ3n) is 2.58. The molecule has 1 aliphatic heterocycles. The van der Waals surface area contributed by atoms with Gasteiger partial charge < -0.3 is 4.90 Å². The predicted octanol–water partition coefficient (Wildman–Crippen LogP) is 4.12. The van der Waals surface area contributed by atoms with Gasteiger partial charge in [0.1, 0.15) is 0 Å². The van der Waals surface area contributed by atoms with E-state index in [1.54, 1.807) is 0 Å². The Kier molecular flexibility index (Phi) is 3.17. The zero-order valence-corrected chi connectivity index (χ0v) is 11.4. The van der Waals surface area contributed by atoms with Crippen molar-refractivity contribution in [1.82, 2.24) is 0 Å². The van der Waals surface area contributed by atoms with Crippen molar-refractivity contribution in [2.75, 3.05) is 18.0 Å². The number of benzene rings is 1. The van der Waals surface area contributed by atoms with E-state index in [4.69, 9.17) is 0 Å². The summed E-state index contributed by atoms with van der Waals surface area (Å²) in [6.07, 6.45) is 2.62. The van der Waals surface area contributed by atoms with Crippen LogP contribution in [0.2, 0.25) is 0 Å². The molecule has 14 heavy (non-hydrogen) atoms. The van der Waals surface area contributed by atoms with Gasteiger partial charge in [-0.2, -0.15) is 0 Å². The molecule has 1 heterocycles. The lowest BCUT2D eigenvalue weighted by atomic mass is 10.2. The van der Waals surface area contributed by atoms with Crippen LogP contribution >= 0.6 is 31.9 Å². The standard InChI is InChI=1S/C11H13Br2N/c1-8-6-9(12)11(10(13)7-8)14-4-2-3-5-14/h6-7H,2-5H2,1H3. The highest BCUT2D eigenvalue weighted by Crippen LogP contribution is 2.36. The van der Waals surface area contributed by atoms with E-state index in [1.165, 1.54) is 46.1 Å². The van der Waals surface area contributed by atoms with Crippen LogP contribution in [0.4, 0.5) is 5.69 Å². The molecule has 1 fully saturated rings. The number of anilines is 1. The third-order valence-corrected chi connectivity index (χ3v) is 3.79.